The first-order valence-corrected chi connectivity index (χ1v) is 9.92. The Morgan fingerprint density at radius 3 is 2.22 bits per heavy atom. The fourth-order valence-electron chi connectivity index (χ4n) is 2.99. The first-order chi connectivity index (χ1) is 11.3. The van der Waals surface area contributed by atoms with Gasteiger partial charge in [-0.25, -0.2) is 0 Å². The topological polar surface area (TPSA) is 9.23 Å². The molecule has 1 unspecified atom stereocenters. The molecule has 0 spiro atoms. The van der Waals surface area contributed by atoms with Gasteiger partial charge in [-0.05, 0) is 43.1 Å². The van der Waals surface area contributed by atoms with Gasteiger partial charge in [-0.1, -0.05) is 83.4 Å². The van der Waals surface area contributed by atoms with E-state index < -0.39 is 0 Å². The Morgan fingerprint density at radius 2 is 1.52 bits per heavy atom. The normalized spacial score (nSPS) is 12.1. The molecule has 1 atom stereocenters. The van der Waals surface area contributed by atoms with Crippen LogP contribution in [0.15, 0.2) is 30.3 Å². The summed E-state index contributed by atoms with van der Waals surface area (Å²) in [4.78, 5) is 0. The average Bonchev–Trinajstić information content (AvgIpc) is 2.56. The highest BCUT2D eigenvalue weighted by molar-refractivity contribution is 7.80. The van der Waals surface area contributed by atoms with Gasteiger partial charge in [-0.15, -0.1) is 0 Å². The Bertz CT molecular complexity index is 402. The van der Waals surface area contributed by atoms with Crippen LogP contribution in [0.4, 0.5) is 0 Å². The van der Waals surface area contributed by atoms with Gasteiger partial charge >= 0.3 is 0 Å². The number of unbranched alkanes of at least 4 members (excludes halogenated alkanes) is 4. The highest BCUT2D eigenvalue weighted by Gasteiger charge is 2.09. The highest BCUT2D eigenvalue weighted by atomic mass is 32.1. The van der Waals surface area contributed by atoms with Crippen LogP contribution in [0, 0.1) is 5.92 Å². The smallest absolute Gasteiger partial charge is 0.167 e. The molecule has 0 aliphatic rings. The summed E-state index contributed by atoms with van der Waals surface area (Å²) in [6.45, 7) is 4.57. The summed E-state index contributed by atoms with van der Waals surface area (Å²) in [7, 11) is 0. The van der Waals surface area contributed by atoms with Crippen LogP contribution in [0.1, 0.15) is 84.5 Å². The molecule has 0 radical (unpaired) electrons. The molecular formula is C21H34OS. The van der Waals surface area contributed by atoms with Crippen molar-refractivity contribution >= 4 is 17.3 Å². The molecule has 0 aromatic heterocycles. The molecule has 0 N–H and O–H groups in total. The van der Waals surface area contributed by atoms with E-state index in [4.69, 9.17) is 17.0 Å². The van der Waals surface area contributed by atoms with Crippen molar-refractivity contribution in [1.82, 2.24) is 0 Å². The minimum atomic E-state index is 0.733. The van der Waals surface area contributed by atoms with Gasteiger partial charge in [0.15, 0.2) is 5.05 Å². The van der Waals surface area contributed by atoms with Gasteiger partial charge in [0.1, 0.15) is 5.75 Å². The van der Waals surface area contributed by atoms with E-state index in [9.17, 15) is 0 Å². The van der Waals surface area contributed by atoms with Crippen molar-refractivity contribution in [1.29, 1.82) is 0 Å². The summed E-state index contributed by atoms with van der Waals surface area (Å²) in [6, 6.07) is 9.88. The minimum absolute atomic E-state index is 0.733. The lowest BCUT2D eigenvalue weighted by Gasteiger charge is -2.16. The summed E-state index contributed by atoms with van der Waals surface area (Å²) in [6.07, 6.45) is 14.3. The van der Waals surface area contributed by atoms with Gasteiger partial charge in [0.25, 0.3) is 0 Å². The third-order valence-corrected chi connectivity index (χ3v) is 4.69. The molecule has 2 heteroatoms. The van der Waals surface area contributed by atoms with Gasteiger partial charge in [-0.3, -0.25) is 0 Å². The van der Waals surface area contributed by atoms with E-state index in [-0.39, 0.29) is 0 Å². The van der Waals surface area contributed by atoms with Crippen LogP contribution in [0.5, 0.6) is 5.75 Å². The quantitative estimate of drug-likeness (QED) is 0.276. The summed E-state index contributed by atoms with van der Waals surface area (Å²) >= 11 is 5.38. The van der Waals surface area contributed by atoms with Crippen LogP contribution >= 0.6 is 12.2 Å². The molecule has 0 aliphatic carbocycles. The Morgan fingerprint density at radius 1 is 0.870 bits per heavy atom. The van der Waals surface area contributed by atoms with Crippen LogP contribution in [0.2, 0.25) is 0 Å². The van der Waals surface area contributed by atoms with Crippen molar-refractivity contribution < 1.29 is 4.74 Å². The van der Waals surface area contributed by atoms with E-state index in [2.05, 4.69) is 13.8 Å². The second kappa shape index (κ2) is 13.5. The summed E-state index contributed by atoms with van der Waals surface area (Å²) in [5, 5.41) is 0.733. The second-order valence-corrected chi connectivity index (χ2v) is 6.99. The Labute approximate surface area is 148 Å². The average molecular weight is 335 g/mol. The maximum Gasteiger partial charge on any atom is 0.167 e. The summed E-state index contributed by atoms with van der Waals surface area (Å²) in [5.41, 5.74) is 0. The van der Waals surface area contributed by atoms with E-state index in [0.717, 1.165) is 29.6 Å². The van der Waals surface area contributed by atoms with E-state index in [1.54, 1.807) is 0 Å². The molecule has 1 rings (SSSR count). The van der Waals surface area contributed by atoms with Crippen molar-refractivity contribution in [2.75, 3.05) is 0 Å². The van der Waals surface area contributed by atoms with Crippen LogP contribution in [-0.4, -0.2) is 5.05 Å². The molecule has 0 amide bonds. The molecule has 0 saturated heterocycles. The van der Waals surface area contributed by atoms with Gasteiger partial charge in [0, 0.05) is 6.42 Å². The Balaban J connectivity index is 2.22. The zero-order valence-corrected chi connectivity index (χ0v) is 15.9. The van der Waals surface area contributed by atoms with Crippen molar-refractivity contribution in [2.24, 2.45) is 5.92 Å². The monoisotopic (exact) mass is 334 g/mol. The van der Waals surface area contributed by atoms with Crippen LogP contribution in [0.25, 0.3) is 0 Å². The molecule has 0 bridgehead atoms. The first-order valence-electron chi connectivity index (χ1n) is 9.52. The number of hydrogen-bond donors (Lipinski definition) is 0. The summed E-state index contributed by atoms with van der Waals surface area (Å²) in [5.74, 6) is 1.74. The Kier molecular flexibility index (Phi) is 11.9. The molecule has 130 valence electrons. The number of benzene rings is 1. The van der Waals surface area contributed by atoms with Crippen LogP contribution < -0.4 is 4.74 Å². The van der Waals surface area contributed by atoms with E-state index >= 15 is 0 Å². The maximum absolute atomic E-state index is 5.72. The summed E-state index contributed by atoms with van der Waals surface area (Å²) < 4.78 is 5.72. The lowest BCUT2D eigenvalue weighted by molar-refractivity contribution is 0.379. The van der Waals surface area contributed by atoms with Crippen LogP contribution in [0.3, 0.4) is 0 Å². The van der Waals surface area contributed by atoms with Crippen molar-refractivity contribution in [3.63, 3.8) is 0 Å². The number of rotatable bonds is 13. The third kappa shape index (κ3) is 10.5. The van der Waals surface area contributed by atoms with Gasteiger partial charge in [0.05, 0.1) is 0 Å². The number of para-hydroxylation sites is 1. The molecule has 1 aromatic rings. The maximum atomic E-state index is 5.72. The van der Waals surface area contributed by atoms with Gasteiger partial charge in [0.2, 0.25) is 0 Å². The highest BCUT2D eigenvalue weighted by Crippen LogP contribution is 2.23. The van der Waals surface area contributed by atoms with Crippen molar-refractivity contribution in [3.05, 3.63) is 30.3 Å². The largest absolute Gasteiger partial charge is 0.450 e. The molecule has 1 aromatic carbocycles. The Hall–Kier alpha value is -0.890. The van der Waals surface area contributed by atoms with E-state index in [1.807, 2.05) is 30.3 Å². The van der Waals surface area contributed by atoms with Crippen molar-refractivity contribution in [3.8, 4) is 5.75 Å². The van der Waals surface area contributed by atoms with Crippen molar-refractivity contribution in [2.45, 2.75) is 84.5 Å². The van der Waals surface area contributed by atoms with Gasteiger partial charge in [-0.2, -0.15) is 0 Å². The molecule has 0 fully saturated rings. The SMILES string of the molecule is CCCCCCC(CCCC)CCCC(=S)Oc1ccccc1. The number of hydrogen-bond acceptors (Lipinski definition) is 2. The number of ether oxygens (including phenoxy) is 1. The molecule has 0 saturated carbocycles. The zero-order chi connectivity index (χ0) is 16.8. The zero-order valence-electron chi connectivity index (χ0n) is 15.1. The van der Waals surface area contributed by atoms with Gasteiger partial charge < -0.3 is 4.74 Å². The second-order valence-electron chi connectivity index (χ2n) is 6.54. The molecule has 1 nitrogen and oxygen atoms in total. The van der Waals surface area contributed by atoms with Crippen LogP contribution in [-0.2, 0) is 0 Å². The fraction of sp³-hybridized carbons (Fsp3) is 0.667. The molecule has 23 heavy (non-hydrogen) atoms. The van der Waals surface area contributed by atoms with E-state index in [0.29, 0.717) is 0 Å². The first kappa shape index (κ1) is 20.2. The predicted molar refractivity (Wildman–Crippen MR) is 105 cm³/mol. The molecule has 0 aliphatic heterocycles. The fourth-order valence-corrected chi connectivity index (χ4v) is 3.23. The lowest BCUT2D eigenvalue weighted by atomic mass is 9.90. The standard InChI is InChI=1S/C21H34OS/c1-3-5-7-9-14-19(13-6-4-2)15-12-18-21(23)22-20-16-10-8-11-17-20/h8,10-11,16-17,19H,3-7,9,12-15,18H2,1-2H3. The predicted octanol–water partition coefficient (Wildman–Crippen LogP) is 7.34. The molecule has 0 heterocycles. The minimum Gasteiger partial charge on any atom is -0.450 e. The third-order valence-electron chi connectivity index (χ3n) is 4.40. The molecular weight excluding hydrogens is 300 g/mol. The van der Waals surface area contributed by atoms with E-state index in [1.165, 1.54) is 57.8 Å². The number of thiocarbonyl (C=S) groups is 1. The lowest BCUT2D eigenvalue weighted by Crippen LogP contribution is -2.07.